The van der Waals surface area contributed by atoms with Crippen LogP contribution < -0.4 is 5.73 Å². The summed E-state index contributed by atoms with van der Waals surface area (Å²) in [6, 6.07) is 3.57. The first-order chi connectivity index (χ1) is 9.77. The Bertz CT molecular complexity index is 750. The van der Waals surface area contributed by atoms with Crippen LogP contribution >= 0.6 is 22.9 Å². The zero-order chi connectivity index (χ0) is 15.8. The minimum Gasteiger partial charge on any atom is -0.465 e. The molecule has 0 saturated carbocycles. The van der Waals surface area contributed by atoms with E-state index in [2.05, 4.69) is 0 Å². The van der Waals surface area contributed by atoms with Gasteiger partial charge in [0.15, 0.2) is 0 Å². The van der Waals surface area contributed by atoms with E-state index in [1.54, 1.807) is 19.9 Å². The smallest absolute Gasteiger partial charge is 0.246 e. The monoisotopic (exact) mass is 348 g/mol. The van der Waals surface area contributed by atoms with Gasteiger partial charge in [0.2, 0.25) is 10.0 Å². The van der Waals surface area contributed by atoms with E-state index in [0.29, 0.717) is 21.4 Å². The van der Waals surface area contributed by atoms with E-state index in [9.17, 15) is 8.42 Å². The Labute approximate surface area is 133 Å². The first kappa shape index (κ1) is 16.5. The summed E-state index contributed by atoms with van der Waals surface area (Å²) in [7, 11) is -2.12. The first-order valence-electron chi connectivity index (χ1n) is 6.26. The molecule has 21 heavy (non-hydrogen) atoms. The maximum atomic E-state index is 12.7. The molecule has 0 aromatic carbocycles. The summed E-state index contributed by atoms with van der Waals surface area (Å²) in [4.78, 5) is 1.05. The van der Waals surface area contributed by atoms with Crippen molar-refractivity contribution in [1.82, 2.24) is 4.31 Å². The lowest BCUT2D eigenvalue weighted by atomic mass is 10.2. The van der Waals surface area contributed by atoms with Crippen molar-refractivity contribution < 1.29 is 12.8 Å². The summed E-state index contributed by atoms with van der Waals surface area (Å²) in [6.45, 7) is 3.73. The quantitative estimate of drug-likeness (QED) is 0.901. The average Bonchev–Trinajstić information content (AvgIpc) is 2.92. The Morgan fingerprint density at radius 1 is 1.33 bits per heavy atom. The largest absolute Gasteiger partial charge is 0.465 e. The SMILES string of the molecule is Cc1oc(C)c(S(=O)(=O)N(C)Cc2ccc(Cl)s2)c1CN. The number of hydrogen-bond acceptors (Lipinski definition) is 5. The first-order valence-corrected chi connectivity index (χ1v) is 8.90. The van der Waals surface area contributed by atoms with Crippen molar-refractivity contribution in [3.8, 4) is 0 Å². The lowest BCUT2D eigenvalue weighted by molar-refractivity contribution is 0.462. The highest BCUT2D eigenvalue weighted by Gasteiger charge is 2.30. The highest BCUT2D eigenvalue weighted by atomic mass is 35.5. The minimum atomic E-state index is -3.66. The van der Waals surface area contributed by atoms with Crippen molar-refractivity contribution in [3.05, 3.63) is 38.4 Å². The molecule has 5 nitrogen and oxygen atoms in total. The van der Waals surface area contributed by atoms with Gasteiger partial charge in [-0.2, -0.15) is 4.31 Å². The summed E-state index contributed by atoms with van der Waals surface area (Å²) in [5, 5.41) is 0. The molecular formula is C13H17ClN2O3S2. The second-order valence-electron chi connectivity index (χ2n) is 4.69. The van der Waals surface area contributed by atoms with Crippen LogP contribution in [0.15, 0.2) is 21.4 Å². The highest BCUT2D eigenvalue weighted by Crippen LogP contribution is 2.30. The normalized spacial score (nSPS) is 12.3. The molecule has 0 fully saturated rings. The van der Waals surface area contributed by atoms with Crippen LogP contribution in [0.2, 0.25) is 4.34 Å². The summed E-state index contributed by atoms with van der Waals surface area (Å²) in [6.07, 6.45) is 0. The van der Waals surface area contributed by atoms with Crippen LogP contribution in [0.25, 0.3) is 0 Å². The molecule has 116 valence electrons. The van der Waals surface area contributed by atoms with Gasteiger partial charge in [0.1, 0.15) is 16.4 Å². The van der Waals surface area contributed by atoms with Gasteiger partial charge in [-0.3, -0.25) is 0 Å². The summed E-state index contributed by atoms with van der Waals surface area (Å²) >= 11 is 7.23. The van der Waals surface area contributed by atoms with E-state index < -0.39 is 10.0 Å². The standard InChI is InChI=1S/C13H17ClN2O3S2/c1-8-11(6-15)13(9(2)19-8)21(17,18)16(3)7-10-4-5-12(14)20-10/h4-5H,6-7,15H2,1-3H3. The molecule has 0 aliphatic heterocycles. The van der Waals surface area contributed by atoms with Gasteiger partial charge in [0.25, 0.3) is 0 Å². The van der Waals surface area contributed by atoms with Crippen molar-refractivity contribution in [3.63, 3.8) is 0 Å². The van der Waals surface area contributed by atoms with Crippen LogP contribution in [0.4, 0.5) is 0 Å². The van der Waals surface area contributed by atoms with Crippen LogP contribution in [0.1, 0.15) is 22.0 Å². The number of furan rings is 1. The highest BCUT2D eigenvalue weighted by molar-refractivity contribution is 7.89. The lowest BCUT2D eigenvalue weighted by Crippen LogP contribution is -2.27. The van der Waals surface area contributed by atoms with E-state index in [1.807, 2.05) is 6.07 Å². The van der Waals surface area contributed by atoms with Gasteiger partial charge in [-0.1, -0.05) is 11.6 Å². The molecule has 0 radical (unpaired) electrons. The van der Waals surface area contributed by atoms with Gasteiger partial charge in [-0.15, -0.1) is 11.3 Å². The number of hydrogen-bond donors (Lipinski definition) is 1. The Hall–Kier alpha value is -0.860. The summed E-state index contributed by atoms with van der Waals surface area (Å²) in [5.74, 6) is 0.908. The molecule has 8 heteroatoms. The fraction of sp³-hybridized carbons (Fsp3) is 0.385. The number of thiophene rings is 1. The molecule has 0 spiro atoms. The summed E-state index contributed by atoms with van der Waals surface area (Å²) < 4.78 is 32.8. The molecule has 0 aliphatic carbocycles. The van der Waals surface area contributed by atoms with Crippen molar-refractivity contribution in [2.45, 2.75) is 31.8 Å². The third-order valence-electron chi connectivity index (χ3n) is 3.20. The van der Waals surface area contributed by atoms with Crippen molar-refractivity contribution in [2.24, 2.45) is 5.73 Å². The predicted octanol–water partition coefficient (Wildman–Crippen LogP) is 2.89. The molecule has 2 heterocycles. The van der Waals surface area contributed by atoms with Crippen molar-refractivity contribution in [2.75, 3.05) is 7.05 Å². The van der Waals surface area contributed by atoms with E-state index in [-0.39, 0.29) is 18.0 Å². The molecular weight excluding hydrogens is 332 g/mol. The zero-order valence-corrected chi connectivity index (χ0v) is 14.4. The van der Waals surface area contributed by atoms with Crippen LogP contribution in [0, 0.1) is 13.8 Å². The van der Waals surface area contributed by atoms with Gasteiger partial charge in [0.05, 0.1) is 4.34 Å². The van der Waals surface area contributed by atoms with Crippen LogP contribution in [-0.4, -0.2) is 19.8 Å². The van der Waals surface area contributed by atoms with Crippen LogP contribution in [0.5, 0.6) is 0 Å². The van der Waals surface area contributed by atoms with Crippen LogP contribution in [-0.2, 0) is 23.1 Å². The average molecular weight is 349 g/mol. The maximum Gasteiger partial charge on any atom is 0.246 e. The number of nitrogens with two attached hydrogens (primary N) is 1. The van der Waals surface area contributed by atoms with Crippen LogP contribution in [0.3, 0.4) is 0 Å². The van der Waals surface area contributed by atoms with E-state index in [4.69, 9.17) is 21.8 Å². The third-order valence-corrected chi connectivity index (χ3v) is 6.42. The van der Waals surface area contributed by atoms with E-state index >= 15 is 0 Å². The molecule has 2 N–H and O–H groups in total. The number of sulfonamides is 1. The molecule has 2 rings (SSSR count). The molecule has 0 bridgehead atoms. The molecule has 0 unspecified atom stereocenters. The van der Waals surface area contributed by atoms with Gasteiger partial charge >= 0.3 is 0 Å². The Kier molecular flexibility index (Phi) is 4.79. The lowest BCUT2D eigenvalue weighted by Gasteiger charge is -2.16. The Morgan fingerprint density at radius 2 is 2.00 bits per heavy atom. The molecule has 0 atom stereocenters. The second kappa shape index (κ2) is 6.10. The number of halogens is 1. The molecule has 0 aliphatic rings. The number of aryl methyl sites for hydroxylation is 2. The second-order valence-corrected chi connectivity index (χ2v) is 8.47. The Balaban J connectivity index is 2.37. The fourth-order valence-electron chi connectivity index (χ4n) is 2.18. The number of nitrogens with zero attached hydrogens (tertiary/aromatic N) is 1. The summed E-state index contributed by atoms with van der Waals surface area (Å²) in [5.41, 5.74) is 6.19. The fourth-order valence-corrected chi connectivity index (χ4v) is 4.97. The molecule has 2 aromatic rings. The van der Waals surface area contributed by atoms with Gasteiger partial charge in [-0.25, -0.2) is 8.42 Å². The molecule has 0 saturated heterocycles. The zero-order valence-electron chi connectivity index (χ0n) is 12.0. The number of rotatable bonds is 5. The van der Waals surface area contributed by atoms with Gasteiger partial charge < -0.3 is 10.2 Å². The van der Waals surface area contributed by atoms with Crippen molar-refractivity contribution in [1.29, 1.82) is 0 Å². The minimum absolute atomic E-state index is 0.121. The molecule has 2 aromatic heterocycles. The third kappa shape index (κ3) is 3.17. The van der Waals surface area contributed by atoms with Crippen molar-refractivity contribution >= 4 is 33.0 Å². The van der Waals surface area contributed by atoms with E-state index in [1.165, 1.54) is 22.7 Å². The maximum absolute atomic E-state index is 12.7. The molecule has 0 amide bonds. The Morgan fingerprint density at radius 3 is 2.52 bits per heavy atom. The predicted molar refractivity (Wildman–Crippen MR) is 84.1 cm³/mol. The van der Waals surface area contributed by atoms with E-state index in [0.717, 1.165) is 4.88 Å². The topological polar surface area (TPSA) is 76.5 Å². The van der Waals surface area contributed by atoms with Gasteiger partial charge in [-0.05, 0) is 26.0 Å². The van der Waals surface area contributed by atoms with Gasteiger partial charge in [0, 0.05) is 30.6 Å².